The van der Waals surface area contributed by atoms with Gasteiger partial charge in [-0.1, -0.05) is 6.08 Å². The van der Waals surface area contributed by atoms with Crippen molar-refractivity contribution in [1.82, 2.24) is 4.98 Å². The number of hydrogen-bond donors (Lipinski definition) is 2. The molecule has 2 N–H and O–H groups in total. The monoisotopic (exact) mass is 238 g/mol. The first-order valence-electron chi connectivity index (χ1n) is 4.85. The molecule has 0 radical (unpaired) electrons. The van der Waals surface area contributed by atoms with Gasteiger partial charge in [-0.3, -0.25) is 4.98 Å². The Bertz CT molecular complexity index is 369. The molecule has 0 aliphatic rings. The van der Waals surface area contributed by atoms with E-state index in [1.807, 2.05) is 6.08 Å². The molecule has 4 nitrogen and oxygen atoms in total. The maximum absolute atomic E-state index is 10.9. The topological polar surface area (TPSA) is 62.2 Å². The zero-order valence-electron chi connectivity index (χ0n) is 8.85. The Labute approximate surface area is 98.8 Å². The average Bonchev–Trinajstić information content (AvgIpc) is 2.29. The van der Waals surface area contributed by atoms with E-state index >= 15 is 0 Å². The summed E-state index contributed by atoms with van der Waals surface area (Å²) in [6.07, 6.45) is 4.77. The van der Waals surface area contributed by atoms with Crippen molar-refractivity contribution in [2.24, 2.45) is 0 Å². The van der Waals surface area contributed by atoms with Crippen molar-refractivity contribution in [3.63, 3.8) is 0 Å². The van der Waals surface area contributed by atoms with Gasteiger partial charge in [0.15, 0.2) is 0 Å². The fourth-order valence-electron chi connectivity index (χ4n) is 1.14. The van der Waals surface area contributed by atoms with Crippen LogP contribution in [0.15, 0.2) is 31.1 Å². The molecule has 1 aromatic rings. The highest BCUT2D eigenvalue weighted by atomic mass is 32.2. The van der Waals surface area contributed by atoms with Crippen molar-refractivity contribution in [2.75, 3.05) is 23.4 Å². The lowest BCUT2D eigenvalue weighted by atomic mass is 10.2. The first kappa shape index (κ1) is 12.6. The SMILES string of the molecule is C=CCSCCNc1ccncc1C(=O)O. The second-order valence-electron chi connectivity index (χ2n) is 3.02. The molecule has 0 atom stereocenters. The number of aromatic nitrogens is 1. The molecule has 5 heteroatoms. The summed E-state index contributed by atoms with van der Waals surface area (Å²) in [6.45, 7) is 4.35. The number of nitrogens with one attached hydrogen (secondary N) is 1. The largest absolute Gasteiger partial charge is 0.478 e. The molecule has 16 heavy (non-hydrogen) atoms. The summed E-state index contributed by atoms with van der Waals surface area (Å²) in [5, 5.41) is 12.0. The summed E-state index contributed by atoms with van der Waals surface area (Å²) < 4.78 is 0. The highest BCUT2D eigenvalue weighted by Crippen LogP contribution is 2.13. The molecule has 0 fully saturated rings. The Balaban J connectivity index is 2.47. The van der Waals surface area contributed by atoms with Gasteiger partial charge in [0.2, 0.25) is 0 Å². The molecule has 1 aromatic heterocycles. The van der Waals surface area contributed by atoms with E-state index in [9.17, 15) is 4.79 Å². The Morgan fingerprint density at radius 1 is 1.69 bits per heavy atom. The van der Waals surface area contributed by atoms with E-state index in [-0.39, 0.29) is 5.56 Å². The highest BCUT2D eigenvalue weighted by molar-refractivity contribution is 7.99. The zero-order chi connectivity index (χ0) is 11.8. The third kappa shape index (κ3) is 3.94. The van der Waals surface area contributed by atoms with Crippen LogP contribution in [0, 0.1) is 0 Å². The van der Waals surface area contributed by atoms with Crippen molar-refractivity contribution < 1.29 is 9.90 Å². The lowest BCUT2D eigenvalue weighted by Crippen LogP contribution is -2.09. The van der Waals surface area contributed by atoms with Crippen LogP contribution in [0.2, 0.25) is 0 Å². The highest BCUT2D eigenvalue weighted by Gasteiger charge is 2.08. The summed E-state index contributed by atoms with van der Waals surface area (Å²) >= 11 is 1.74. The van der Waals surface area contributed by atoms with Crippen molar-refractivity contribution in [1.29, 1.82) is 0 Å². The molecule has 0 unspecified atom stereocenters. The smallest absolute Gasteiger partial charge is 0.339 e. The number of aromatic carboxylic acids is 1. The van der Waals surface area contributed by atoms with Crippen LogP contribution in [0.3, 0.4) is 0 Å². The van der Waals surface area contributed by atoms with Gasteiger partial charge < -0.3 is 10.4 Å². The molecule has 86 valence electrons. The van der Waals surface area contributed by atoms with Crippen LogP contribution >= 0.6 is 11.8 Å². The van der Waals surface area contributed by atoms with E-state index in [2.05, 4.69) is 16.9 Å². The van der Waals surface area contributed by atoms with Gasteiger partial charge in [-0.2, -0.15) is 11.8 Å². The molecule has 0 aliphatic carbocycles. The van der Waals surface area contributed by atoms with Gasteiger partial charge in [0, 0.05) is 30.4 Å². The number of nitrogens with zero attached hydrogens (tertiary/aromatic N) is 1. The fraction of sp³-hybridized carbons (Fsp3) is 0.273. The van der Waals surface area contributed by atoms with Gasteiger partial charge in [0.25, 0.3) is 0 Å². The standard InChI is InChI=1S/C11H14N2O2S/c1-2-6-16-7-5-13-10-3-4-12-8-9(10)11(14)15/h2-4,8H,1,5-7H2,(H,12,13)(H,14,15). The zero-order valence-corrected chi connectivity index (χ0v) is 9.67. The second kappa shape index (κ2) is 6.90. The Hall–Kier alpha value is -1.49. The van der Waals surface area contributed by atoms with Crippen LogP contribution in [0.25, 0.3) is 0 Å². The van der Waals surface area contributed by atoms with E-state index in [1.165, 1.54) is 6.20 Å². The summed E-state index contributed by atoms with van der Waals surface area (Å²) in [7, 11) is 0. The number of hydrogen-bond acceptors (Lipinski definition) is 4. The molecule has 0 saturated heterocycles. The first-order valence-corrected chi connectivity index (χ1v) is 6.01. The summed E-state index contributed by atoms with van der Waals surface area (Å²) in [5.74, 6) is 0.853. The Morgan fingerprint density at radius 3 is 3.19 bits per heavy atom. The molecule has 0 spiro atoms. The van der Waals surface area contributed by atoms with E-state index in [4.69, 9.17) is 5.11 Å². The van der Waals surface area contributed by atoms with Crippen molar-refractivity contribution in [3.05, 3.63) is 36.7 Å². The first-order chi connectivity index (χ1) is 7.75. The van der Waals surface area contributed by atoms with Crippen molar-refractivity contribution in [2.45, 2.75) is 0 Å². The minimum absolute atomic E-state index is 0.205. The van der Waals surface area contributed by atoms with Crippen LogP contribution in [0.4, 0.5) is 5.69 Å². The van der Waals surface area contributed by atoms with Crippen LogP contribution in [-0.2, 0) is 0 Å². The number of anilines is 1. The van der Waals surface area contributed by atoms with E-state index in [0.717, 1.165) is 18.1 Å². The third-order valence-electron chi connectivity index (χ3n) is 1.85. The van der Waals surface area contributed by atoms with Gasteiger partial charge in [0.1, 0.15) is 5.56 Å². The second-order valence-corrected chi connectivity index (χ2v) is 4.17. The summed E-state index contributed by atoms with van der Waals surface area (Å²) in [4.78, 5) is 14.6. The molecule has 1 rings (SSSR count). The number of carboxylic acids is 1. The summed E-state index contributed by atoms with van der Waals surface area (Å²) in [5.41, 5.74) is 0.818. The van der Waals surface area contributed by atoms with Crippen LogP contribution in [0.1, 0.15) is 10.4 Å². The van der Waals surface area contributed by atoms with E-state index in [0.29, 0.717) is 5.69 Å². The van der Waals surface area contributed by atoms with Gasteiger partial charge >= 0.3 is 5.97 Å². The molecule has 0 aromatic carbocycles. The molecular weight excluding hydrogens is 224 g/mol. The van der Waals surface area contributed by atoms with Gasteiger partial charge in [0.05, 0.1) is 5.69 Å². The van der Waals surface area contributed by atoms with E-state index in [1.54, 1.807) is 24.0 Å². The molecule has 0 saturated carbocycles. The van der Waals surface area contributed by atoms with Crippen LogP contribution < -0.4 is 5.32 Å². The van der Waals surface area contributed by atoms with Gasteiger partial charge in [-0.15, -0.1) is 6.58 Å². The molecule has 0 aliphatic heterocycles. The Morgan fingerprint density at radius 2 is 2.50 bits per heavy atom. The van der Waals surface area contributed by atoms with Crippen molar-refractivity contribution >= 4 is 23.4 Å². The number of carbonyl (C=O) groups is 1. The average molecular weight is 238 g/mol. The van der Waals surface area contributed by atoms with Gasteiger partial charge in [-0.05, 0) is 6.07 Å². The minimum Gasteiger partial charge on any atom is -0.478 e. The number of thioether (sulfide) groups is 1. The van der Waals surface area contributed by atoms with E-state index < -0.39 is 5.97 Å². The normalized spacial score (nSPS) is 9.75. The minimum atomic E-state index is -0.964. The number of pyridine rings is 1. The van der Waals surface area contributed by atoms with Gasteiger partial charge in [-0.25, -0.2) is 4.79 Å². The Kier molecular flexibility index (Phi) is 5.42. The van der Waals surface area contributed by atoms with Crippen LogP contribution in [0.5, 0.6) is 0 Å². The molecular formula is C11H14N2O2S. The van der Waals surface area contributed by atoms with Crippen molar-refractivity contribution in [3.8, 4) is 0 Å². The maximum atomic E-state index is 10.9. The van der Waals surface area contributed by atoms with Crippen LogP contribution in [-0.4, -0.2) is 34.1 Å². The molecule has 1 heterocycles. The predicted molar refractivity (Wildman–Crippen MR) is 67.2 cm³/mol. The third-order valence-corrected chi connectivity index (χ3v) is 2.81. The lowest BCUT2D eigenvalue weighted by Gasteiger charge is -2.08. The summed E-state index contributed by atoms with van der Waals surface area (Å²) in [6, 6.07) is 1.67. The maximum Gasteiger partial charge on any atom is 0.339 e. The quantitative estimate of drug-likeness (QED) is 0.562. The molecule has 0 bridgehead atoms. The molecule has 0 amide bonds. The predicted octanol–water partition coefficient (Wildman–Crippen LogP) is 2.11. The number of carboxylic acid groups (broad SMARTS) is 1. The number of rotatable bonds is 7. The fourth-order valence-corrected chi connectivity index (χ4v) is 1.72. The lowest BCUT2D eigenvalue weighted by molar-refractivity contribution is 0.0697.